The van der Waals surface area contributed by atoms with Crippen molar-refractivity contribution in [3.05, 3.63) is 65.0 Å². The van der Waals surface area contributed by atoms with Gasteiger partial charge in [0.15, 0.2) is 5.78 Å². The van der Waals surface area contributed by atoms with Gasteiger partial charge in [0, 0.05) is 23.4 Å². The molecular formula is C19H20FNO3S. The van der Waals surface area contributed by atoms with E-state index in [2.05, 4.69) is 5.32 Å². The van der Waals surface area contributed by atoms with Crippen LogP contribution in [0.4, 0.5) is 4.39 Å². The van der Waals surface area contributed by atoms with Crippen LogP contribution in [0, 0.1) is 5.82 Å². The highest BCUT2D eigenvalue weighted by molar-refractivity contribution is 7.99. The number of methoxy groups -OCH3 is 1. The number of hydrogen-bond acceptors (Lipinski definition) is 4. The molecule has 0 spiro atoms. The minimum Gasteiger partial charge on any atom is -0.496 e. The standard InChI is InChI=1S/C19H20FNO3S/c1-13(22)15-5-8-18(24-2)16(9-15)11-25-12-19(23)21-10-14-3-6-17(20)7-4-14/h3-9H,10-12H2,1-2H3,(H,21,23). The van der Waals surface area contributed by atoms with Crippen molar-refractivity contribution in [1.29, 1.82) is 0 Å². The molecule has 0 aliphatic heterocycles. The molecule has 4 nitrogen and oxygen atoms in total. The van der Waals surface area contributed by atoms with Crippen molar-refractivity contribution in [2.24, 2.45) is 0 Å². The van der Waals surface area contributed by atoms with Gasteiger partial charge >= 0.3 is 0 Å². The molecule has 132 valence electrons. The third kappa shape index (κ3) is 5.90. The van der Waals surface area contributed by atoms with E-state index in [0.717, 1.165) is 11.1 Å². The molecule has 0 atom stereocenters. The van der Waals surface area contributed by atoms with Gasteiger partial charge in [-0.15, -0.1) is 11.8 Å². The molecule has 0 bridgehead atoms. The average molecular weight is 361 g/mol. The molecule has 0 aromatic heterocycles. The molecule has 0 saturated heterocycles. The lowest BCUT2D eigenvalue weighted by Crippen LogP contribution is -2.24. The zero-order chi connectivity index (χ0) is 18.2. The van der Waals surface area contributed by atoms with Crippen LogP contribution < -0.4 is 10.1 Å². The van der Waals surface area contributed by atoms with Gasteiger partial charge < -0.3 is 10.1 Å². The number of amides is 1. The second-order valence-corrected chi connectivity index (χ2v) is 6.46. The summed E-state index contributed by atoms with van der Waals surface area (Å²) >= 11 is 1.44. The number of ether oxygens (including phenoxy) is 1. The van der Waals surface area contributed by atoms with Crippen molar-refractivity contribution in [2.45, 2.75) is 19.2 Å². The number of nitrogens with one attached hydrogen (secondary N) is 1. The van der Waals surface area contributed by atoms with Gasteiger partial charge in [-0.25, -0.2) is 4.39 Å². The Morgan fingerprint density at radius 3 is 2.52 bits per heavy atom. The van der Waals surface area contributed by atoms with Crippen molar-refractivity contribution in [2.75, 3.05) is 12.9 Å². The highest BCUT2D eigenvalue weighted by atomic mass is 32.2. The Labute approximate surface area is 150 Å². The fourth-order valence-corrected chi connectivity index (χ4v) is 3.05. The number of Topliss-reactive ketones (excluding diaryl/α,β-unsaturated/α-hetero) is 1. The molecule has 2 rings (SSSR count). The largest absolute Gasteiger partial charge is 0.496 e. The molecule has 25 heavy (non-hydrogen) atoms. The monoisotopic (exact) mass is 361 g/mol. The van der Waals surface area contributed by atoms with Crippen molar-refractivity contribution < 1.29 is 18.7 Å². The predicted molar refractivity (Wildman–Crippen MR) is 97.4 cm³/mol. The van der Waals surface area contributed by atoms with Crippen molar-refractivity contribution in [1.82, 2.24) is 5.32 Å². The van der Waals surface area contributed by atoms with Crippen LogP contribution in [-0.2, 0) is 17.1 Å². The third-order valence-corrected chi connectivity index (χ3v) is 4.56. The van der Waals surface area contributed by atoms with Gasteiger partial charge in [-0.05, 0) is 42.8 Å². The van der Waals surface area contributed by atoms with E-state index in [4.69, 9.17) is 4.74 Å². The van der Waals surface area contributed by atoms with Crippen LogP contribution in [0.15, 0.2) is 42.5 Å². The average Bonchev–Trinajstić information content (AvgIpc) is 2.61. The Bertz CT molecular complexity index is 747. The molecule has 2 aromatic rings. The summed E-state index contributed by atoms with van der Waals surface area (Å²) < 4.78 is 18.1. The first kappa shape index (κ1) is 19.0. The Kier molecular flexibility index (Phi) is 7.01. The van der Waals surface area contributed by atoms with E-state index in [1.807, 2.05) is 0 Å². The molecule has 0 saturated carbocycles. The Balaban J connectivity index is 1.83. The topological polar surface area (TPSA) is 55.4 Å². The minimum absolute atomic E-state index is 0.00839. The Hall–Kier alpha value is -2.34. The van der Waals surface area contributed by atoms with Crippen molar-refractivity contribution >= 4 is 23.5 Å². The van der Waals surface area contributed by atoms with Crippen LogP contribution in [0.1, 0.15) is 28.4 Å². The normalized spacial score (nSPS) is 10.4. The SMILES string of the molecule is COc1ccc(C(C)=O)cc1CSCC(=O)NCc1ccc(F)cc1. The molecule has 0 unspecified atom stereocenters. The number of benzene rings is 2. The minimum atomic E-state index is -0.299. The van der Waals surface area contributed by atoms with Crippen LogP contribution in [0.5, 0.6) is 5.75 Å². The lowest BCUT2D eigenvalue weighted by molar-refractivity contribution is -0.118. The summed E-state index contributed by atoms with van der Waals surface area (Å²) in [6.07, 6.45) is 0. The molecular weight excluding hydrogens is 341 g/mol. The number of rotatable bonds is 8. The predicted octanol–water partition coefficient (Wildman–Crippen LogP) is 3.59. The van der Waals surface area contributed by atoms with E-state index in [1.54, 1.807) is 37.4 Å². The molecule has 2 aromatic carbocycles. The molecule has 1 amide bonds. The van der Waals surface area contributed by atoms with Crippen LogP contribution in [0.3, 0.4) is 0 Å². The zero-order valence-corrected chi connectivity index (χ0v) is 15.0. The molecule has 6 heteroatoms. The van der Waals surface area contributed by atoms with Gasteiger partial charge in [-0.3, -0.25) is 9.59 Å². The van der Waals surface area contributed by atoms with E-state index in [0.29, 0.717) is 23.6 Å². The maximum Gasteiger partial charge on any atom is 0.230 e. The zero-order valence-electron chi connectivity index (χ0n) is 14.2. The van der Waals surface area contributed by atoms with E-state index < -0.39 is 0 Å². The molecule has 0 aliphatic rings. The van der Waals surface area contributed by atoms with Crippen LogP contribution in [-0.4, -0.2) is 24.6 Å². The highest BCUT2D eigenvalue weighted by Crippen LogP contribution is 2.24. The van der Waals surface area contributed by atoms with Crippen LogP contribution in [0.2, 0.25) is 0 Å². The molecule has 0 aliphatic carbocycles. The number of thioether (sulfide) groups is 1. The van der Waals surface area contributed by atoms with E-state index >= 15 is 0 Å². The first-order chi connectivity index (χ1) is 12.0. The van der Waals surface area contributed by atoms with Gasteiger partial charge in [0.2, 0.25) is 5.91 Å². The smallest absolute Gasteiger partial charge is 0.230 e. The maximum absolute atomic E-state index is 12.8. The Morgan fingerprint density at radius 2 is 1.88 bits per heavy atom. The first-order valence-corrected chi connectivity index (χ1v) is 8.92. The van der Waals surface area contributed by atoms with Crippen LogP contribution >= 0.6 is 11.8 Å². The molecule has 0 heterocycles. The van der Waals surface area contributed by atoms with Gasteiger partial charge in [-0.2, -0.15) is 0 Å². The lowest BCUT2D eigenvalue weighted by Gasteiger charge is -2.10. The third-order valence-electron chi connectivity index (χ3n) is 3.58. The van der Waals surface area contributed by atoms with Crippen LogP contribution in [0.25, 0.3) is 0 Å². The lowest BCUT2D eigenvalue weighted by atomic mass is 10.1. The fraction of sp³-hybridized carbons (Fsp3) is 0.263. The molecule has 1 N–H and O–H groups in total. The molecule has 0 fully saturated rings. The number of halogens is 1. The van der Waals surface area contributed by atoms with Gasteiger partial charge in [0.05, 0.1) is 12.9 Å². The summed E-state index contributed by atoms with van der Waals surface area (Å²) in [5.41, 5.74) is 2.35. The summed E-state index contributed by atoms with van der Waals surface area (Å²) in [4.78, 5) is 23.4. The van der Waals surface area contributed by atoms with Gasteiger partial charge in [-0.1, -0.05) is 12.1 Å². The maximum atomic E-state index is 12.8. The number of ketones is 1. The first-order valence-electron chi connectivity index (χ1n) is 7.76. The van der Waals surface area contributed by atoms with E-state index in [1.165, 1.54) is 30.8 Å². The highest BCUT2D eigenvalue weighted by Gasteiger charge is 2.09. The Morgan fingerprint density at radius 1 is 1.16 bits per heavy atom. The summed E-state index contributed by atoms with van der Waals surface area (Å²) in [7, 11) is 1.58. The van der Waals surface area contributed by atoms with Gasteiger partial charge in [0.1, 0.15) is 11.6 Å². The second-order valence-electron chi connectivity index (χ2n) is 5.48. The van der Waals surface area contributed by atoms with Gasteiger partial charge in [0.25, 0.3) is 0 Å². The summed E-state index contributed by atoms with van der Waals surface area (Å²) in [6.45, 7) is 1.88. The fourth-order valence-electron chi connectivity index (χ4n) is 2.22. The second kappa shape index (κ2) is 9.22. The summed E-state index contributed by atoms with van der Waals surface area (Å²) in [6, 6.07) is 11.3. The van der Waals surface area contributed by atoms with Crippen molar-refractivity contribution in [3.63, 3.8) is 0 Å². The molecule has 0 radical (unpaired) electrons. The summed E-state index contributed by atoms with van der Waals surface area (Å²) in [5.74, 6) is 1.14. The van der Waals surface area contributed by atoms with E-state index in [-0.39, 0.29) is 23.3 Å². The van der Waals surface area contributed by atoms with Crippen molar-refractivity contribution in [3.8, 4) is 5.75 Å². The number of carbonyl (C=O) groups is 2. The summed E-state index contributed by atoms with van der Waals surface area (Å²) in [5, 5.41) is 2.80. The van der Waals surface area contributed by atoms with E-state index in [9.17, 15) is 14.0 Å². The quantitative estimate of drug-likeness (QED) is 0.730. The number of hydrogen-bond donors (Lipinski definition) is 1. The number of carbonyl (C=O) groups excluding carboxylic acids is 2.